The lowest BCUT2D eigenvalue weighted by Crippen LogP contribution is -2.28. The minimum absolute atomic E-state index is 0.00856. The van der Waals surface area contributed by atoms with E-state index in [4.69, 9.17) is 4.74 Å². The predicted octanol–water partition coefficient (Wildman–Crippen LogP) is 3.94. The number of ether oxygens (including phenoxy) is 1. The highest BCUT2D eigenvalue weighted by molar-refractivity contribution is 9.10. The molecule has 0 aliphatic heterocycles. The van der Waals surface area contributed by atoms with E-state index < -0.39 is 33.7 Å². The topological polar surface area (TPSA) is 72.5 Å². The highest BCUT2D eigenvalue weighted by atomic mass is 79.9. The van der Waals surface area contributed by atoms with Gasteiger partial charge >= 0.3 is 5.97 Å². The van der Waals surface area contributed by atoms with E-state index in [0.29, 0.717) is 6.07 Å². The number of hydrogen-bond donors (Lipinski definition) is 1. The smallest absolute Gasteiger partial charge is 0.338 e. The van der Waals surface area contributed by atoms with Gasteiger partial charge in [-0.05, 0) is 54.0 Å². The second-order valence-corrected chi connectivity index (χ2v) is 7.91. The molecule has 0 heterocycles. The monoisotopic (exact) mass is 447 g/mol. The molecule has 2 rings (SSSR count). The van der Waals surface area contributed by atoms with Crippen LogP contribution < -0.4 is 4.72 Å². The molecule has 0 aliphatic carbocycles. The Hall–Kier alpha value is -1.84. The first kappa shape index (κ1) is 20.5. The molecule has 0 fully saturated rings. The SMILES string of the molecule is CCOC(=O)c1ccc(S(=O)(=O)N[C@H](C)c2ccc(F)cc2F)c(Br)c1. The van der Waals surface area contributed by atoms with Gasteiger partial charge in [0.05, 0.1) is 17.1 Å². The van der Waals surface area contributed by atoms with Crippen LogP contribution in [-0.2, 0) is 14.8 Å². The highest BCUT2D eigenvalue weighted by Crippen LogP contribution is 2.26. The number of halogens is 3. The standard InChI is InChI=1S/C17H16BrF2NO4S/c1-3-25-17(22)11-4-7-16(14(18)8-11)26(23,24)21-10(2)13-6-5-12(19)9-15(13)20/h4-10,21H,3H2,1-2H3/t10-/m1/s1. The Morgan fingerprint density at radius 1 is 1.23 bits per heavy atom. The summed E-state index contributed by atoms with van der Waals surface area (Å²) in [4.78, 5) is 11.6. The summed E-state index contributed by atoms with van der Waals surface area (Å²) < 4.78 is 59.3. The normalized spacial score (nSPS) is 12.7. The molecular formula is C17H16BrF2NO4S. The first-order valence-corrected chi connectivity index (χ1v) is 9.87. The summed E-state index contributed by atoms with van der Waals surface area (Å²) in [5.74, 6) is -2.18. The summed E-state index contributed by atoms with van der Waals surface area (Å²) in [6.45, 7) is 3.29. The molecular weight excluding hydrogens is 432 g/mol. The van der Waals surface area contributed by atoms with Gasteiger partial charge in [-0.3, -0.25) is 0 Å². The molecule has 2 aromatic carbocycles. The third-order valence-electron chi connectivity index (χ3n) is 3.49. The molecule has 26 heavy (non-hydrogen) atoms. The van der Waals surface area contributed by atoms with Gasteiger partial charge in [0, 0.05) is 22.1 Å². The number of esters is 1. The van der Waals surface area contributed by atoms with E-state index in [1.54, 1.807) is 6.92 Å². The summed E-state index contributed by atoms with van der Waals surface area (Å²) in [7, 11) is -4.03. The Labute approximate surface area is 158 Å². The Bertz CT molecular complexity index is 934. The van der Waals surface area contributed by atoms with Gasteiger partial charge in [-0.1, -0.05) is 6.07 Å². The van der Waals surface area contributed by atoms with Crippen molar-refractivity contribution in [2.45, 2.75) is 24.8 Å². The molecule has 0 amide bonds. The van der Waals surface area contributed by atoms with Gasteiger partial charge in [-0.25, -0.2) is 26.7 Å². The van der Waals surface area contributed by atoms with Crippen LogP contribution in [0.4, 0.5) is 8.78 Å². The first-order valence-electron chi connectivity index (χ1n) is 7.59. The Balaban J connectivity index is 2.28. The lowest BCUT2D eigenvalue weighted by Gasteiger charge is -2.16. The van der Waals surface area contributed by atoms with Crippen LogP contribution in [0.3, 0.4) is 0 Å². The molecule has 0 saturated heterocycles. The maximum Gasteiger partial charge on any atom is 0.338 e. The quantitative estimate of drug-likeness (QED) is 0.680. The van der Waals surface area contributed by atoms with Crippen molar-refractivity contribution >= 4 is 31.9 Å². The minimum atomic E-state index is -4.03. The fourth-order valence-corrected chi connectivity index (χ4v) is 4.57. The van der Waals surface area contributed by atoms with Crippen molar-refractivity contribution in [3.63, 3.8) is 0 Å². The van der Waals surface area contributed by atoms with Crippen LogP contribution in [0.5, 0.6) is 0 Å². The summed E-state index contributed by atoms with van der Waals surface area (Å²) >= 11 is 3.12. The number of benzene rings is 2. The zero-order valence-electron chi connectivity index (χ0n) is 13.9. The molecule has 2 aromatic rings. The summed E-state index contributed by atoms with van der Waals surface area (Å²) in [5, 5.41) is 0. The van der Waals surface area contributed by atoms with Crippen molar-refractivity contribution in [2.24, 2.45) is 0 Å². The zero-order valence-corrected chi connectivity index (χ0v) is 16.3. The van der Waals surface area contributed by atoms with E-state index in [1.807, 2.05) is 0 Å². The van der Waals surface area contributed by atoms with Gasteiger partial charge in [0.1, 0.15) is 11.6 Å². The van der Waals surface area contributed by atoms with Crippen molar-refractivity contribution in [1.29, 1.82) is 0 Å². The van der Waals surface area contributed by atoms with Gasteiger partial charge in [-0.2, -0.15) is 0 Å². The molecule has 0 aliphatic rings. The third kappa shape index (κ3) is 4.66. The second kappa shape index (κ2) is 8.24. The van der Waals surface area contributed by atoms with Crippen LogP contribution in [0, 0.1) is 11.6 Å². The van der Waals surface area contributed by atoms with E-state index >= 15 is 0 Å². The van der Waals surface area contributed by atoms with Gasteiger partial charge in [-0.15, -0.1) is 0 Å². The lowest BCUT2D eigenvalue weighted by atomic mass is 10.1. The van der Waals surface area contributed by atoms with Crippen molar-refractivity contribution in [1.82, 2.24) is 4.72 Å². The van der Waals surface area contributed by atoms with Crippen molar-refractivity contribution < 1.29 is 26.7 Å². The fourth-order valence-electron chi connectivity index (χ4n) is 2.27. The van der Waals surface area contributed by atoms with Crippen molar-refractivity contribution in [3.05, 3.63) is 63.6 Å². The largest absolute Gasteiger partial charge is 0.462 e. The molecule has 1 atom stereocenters. The first-order chi connectivity index (χ1) is 12.2. The van der Waals surface area contributed by atoms with E-state index in [0.717, 1.165) is 6.07 Å². The molecule has 5 nitrogen and oxygen atoms in total. The fraction of sp³-hybridized carbons (Fsp3) is 0.235. The number of carbonyl (C=O) groups excluding carboxylic acids is 1. The molecule has 0 radical (unpaired) electrons. The van der Waals surface area contributed by atoms with E-state index in [2.05, 4.69) is 20.7 Å². The minimum Gasteiger partial charge on any atom is -0.462 e. The molecule has 0 unspecified atom stereocenters. The maximum absolute atomic E-state index is 13.8. The zero-order chi connectivity index (χ0) is 19.5. The van der Waals surface area contributed by atoms with Crippen LogP contribution in [-0.4, -0.2) is 21.0 Å². The van der Waals surface area contributed by atoms with Crippen LogP contribution in [0.15, 0.2) is 45.8 Å². The molecule has 0 aromatic heterocycles. The molecule has 0 spiro atoms. The van der Waals surface area contributed by atoms with Crippen molar-refractivity contribution in [3.8, 4) is 0 Å². The molecule has 140 valence electrons. The molecule has 0 bridgehead atoms. The highest BCUT2D eigenvalue weighted by Gasteiger charge is 2.23. The number of nitrogens with one attached hydrogen (secondary N) is 1. The Morgan fingerprint density at radius 2 is 1.92 bits per heavy atom. The van der Waals surface area contributed by atoms with Crippen LogP contribution in [0.1, 0.15) is 35.8 Å². The van der Waals surface area contributed by atoms with Crippen LogP contribution in [0.2, 0.25) is 0 Å². The Kier molecular flexibility index (Phi) is 6.48. The summed E-state index contributed by atoms with van der Waals surface area (Å²) in [6.07, 6.45) is 0. The third-order valence-corrected chi connectivity index (χ3v) is 6.01. The maximum atomic E-state index is 13.8. The average Bonchev–Trinajstić information content (AvgIpc) is 2.54. The number of rotatable bonds is 6. The van der Waals surface area contributed by atoms with Gasteiger partial charge in [0.25, 0.3) is 0 Å². The predicted molar refractivity (Wildman–Crippen MR) is 95.2 cm³/mol. The van der Waals surface area contributed by atoms with Gasteiger partial charge in [0.15, 0.2) is 0 Å². The van der Waals surface area contributed by atoms with Crippen LogP contribution in [0.25, 0.3) is 0 Å². The van der Waals surface area contributed by atoms with E-state index in [1.165, 1.54) is 31.2 Å². The average molecular weight is 448 g/mol. The second-order valence-electron chi connectivity index (χ2n) is 5.37. The number of sulfonamides is 1. The summed E-state index contributed by atoms with van der Waals surface area (Å²) in [6, 6.07) is 5.87. The Morgan fingerprint density at radius 3 is 2.50 bits per heavy atom. The summed E-state index contributed by atoms with van der Waals surface area (Å²) in [5.41, 5.74) is 0.199. The number of hydrogen-bond acceptors (Lipinski definition) is 4. The number of carbonyl (C=O) groups is 1. The molecule has 9 heteroatoms. The van der Waals surface area contributed by atoms with Gasteiger partial charge in [0.2, 0.25) is 10.0 Å². The van der Waals surface area contributed by atoms with E-state index in [9.17, 15) is 22.0 Å². The lowest BCUT2D eigenvalue weighted by molar-refractivity contribution is 0.0526. The van der Waals surface area contributed by atoms with E-state index in [-0.39, 0.29) is 27.1 Å². The molecule has 1 N–H and O–H groups in total. The van der Waals surface area contributed by atoms with Crippen LogP contribution >= 0.6 is 15.9 Å². The van der Waals surface area contributed by atoms with Crippen molar-refractivity contribution in [2.75, 3.05) is 6.61 Å². The van der Waals surface area contributed by atoms with Gasteiger partial charge < -0.3 is 4.74 Å². The molecule has 0 saturated carbocycles.